The first-order valence-corrected chi connectivity index (χ1v) is 13.2. The highest BCUT2D eigenvalue weighted by Gasteiger charge is 2.21. The summed E-state index contributed by atoms with van der Waals surface area (Å²) in [5.74, 6) is -0.233. The van der Waals surface area contributed by atoms with E-state index < -0.39 is 8.07 Å². The second-order valence-electron chi connectivity index (χ2n) is 9.04. The minimum atomic E-state index is -0.978. The third-order valence-electron chi connectivity index (χ3n) is 4.88. The molecule has 0 saturated carbocycles. The summed E-state index contributed by atoms with van der Waals surface area (Å²) in [5.41, 5.74) is 1.67. The number of aryl methyl sites for hydroxylation is 1. The molecular weight excluding hydrogens is 594 g/mol. The molecule has 2 aromatic rings. The number of benzene rings is 1. The van der Waals surface area contributed by atoms with Crippen molar-refractivity contribution in [2.75, 3.05) is 33.8 Å². The van der Waals surface area contributed by atoms with Crippen LogP contribution in [-0.2, 0) is 11.8 Å². The summed E-state index contributed by atoms with van der Waals surface area (Å²) in [6.45, 7) is 9.67. The Bertz CT molecular complexity index is 777. The van der Waals surface area contributed by atoms with Gasteiger partial charge in [-0.05, 0) is 12.5 Å². The number of esters is 1. The molecule has 0 spiro atoms. The van der Waals surface area contributed by atoms with Gasteiger partial charge in [-0.2, -0.15) is 0 Å². The van der Waals surface area contributed by atoms with Crippen LogP contribution in [0, 0.1) is 0 Å². The van der Waals surface area contributed by atoms with Gasteiger partial charge in [0.15, 0.2) is 6.20 Å². The molecule has 0 atom stereocenters. The normalized spacial score (nSPS) is 11.5. The topological polar surface area (TPSA) is 30.2 Å². The van der Waals surface area contributed by atoms with Crippen molar-refractivity contribution in [1.82, 2.24) is 0 Å². The monoisotopic (exact) mass is 628 g/mol. The lowest BCUT2D eigenvalue weighted by atomic mass is 10.1. The van der Waals surface area contributed by atoms with E-state index in [0.717, 1.165) is 28.5 Å². The molecule has 2 rings (SSSR count). The van der Waals surface area contributed by atoms with Crippen LogP contribution in [0.25, 0.3) is 10.9 Å². The molecule has 1 heterocycles. The Morgan fingerprint density at radius 1 is 1.07 bits per heavy atom. The highest BCUT2D eigenvalue weighted by atomic mass is 127. The molecule has 0 radical (unpaired) electrons. The van der Waals surface area contributed by atoms with Gasteiger partial charge in [-0.3, -0.25) is 0 Å². The second-order valence-corrected chi connectivity index (χ2v) is 14.7. The number of pyridine rings is 1. The van der Waals surface area contributed by atoms with Crippen molar-refractivity contribution in [1.29, 1.82) is 0 Å². The van der Waals surface area contributed by atoms with E-state index in [2.05, 4.69) is 33.7 Å². The van der Waals surface area contributed by atoms with Gasteiger partial charge in [0.05, 0.1) is 31.6 Å². The van der Waals surface area contributed by atoms with E-state index in [0.29, 0.717) is 12.2 Å². The number of para-hydroxylation sites is 1. The number of rotatable bonds is 8. The number of likely N-dealkylation sites (N-methyl/N-ethyl adjacent to an activating group) is 1. The molecule has 28 heavy (non-hydrogen) atoms. The van der Waals surface area contributed by atoms with E-state index in [-0.39, 0.29) is 53.9 Å². The number of carbonyl (C=O) groups is 1. The zero-order valence-electron chi connectivity index (χ0n) is 18.0. The van der Waals surface area contributed by atoms with Crippen LogP contribution in [0.3, 0.4) is 0 Å². The quantitative estimate of drug-likeness (QED) is 0.108. The number of hydrogen-bond acceptors (Lipinski definition) is 2. The fraction of sp³-hybridized carbons (Fsp3) is 0.524. The summed E-state index contributed by atoms with van der Waals surface area (Å²) in [6, 6.07) is 11.1. The molecule has 0 bridgehead atoms. The van der Waals surface area contributed by atoms with Crippen molar-refractivity contribution >= 4 is 24.9 Å². The fourth-order valence-electron chi connectivity index (χ4n) is 3.16. The number of halogens is 2. The summed E-state index contributed by atoms with van der Waals surface area (Å²) in [6.07, 6.45) is 3.16. The van der Waals surface area contributed by atoms with Crippen molar-refractivity contribution in [3.05, 3.63) is 42.1 Å². The summed E-state index contributed by atoms with van der Waals surface area (Å²) >= 11 is 0. The summed E-state index contributed by atoms with van der Waals surface area (Å²) in [4.78, 5) is 12.6. The van der Waals surface area contributed by atoms with Gasteiger partial charge in [0.25, 0.3) is 0 Å². The maximum Gasteiger partial charge on any atom is 0.339 e. The predicted octanol–water partition coefficient (Wildman–Crippen LogP) is -2.37. The van der Waals surface area contributed by atoms with Crippen LogP contribution < -0.4 is 52.5 Å². The zero-order valence-corrected chi connectivity index (χ0v) is 23.3. The number of hydrogen-bond donors (Lipinski definition) is 0. The molecule has 0 saturated heterocycles. The number of quaternary nitrogens is 1. The standard InChI is InChI=1S/C21H34N2O2Si.2HI/c1-22-13-12-19(18-10-7-8-11-20(18)22)21(24)25-16-15-23(2,3)14-9-17-26(4,5)6;;/h7-8,10-13H,9,14-17H2,1-6H3;2*1H/q+2;;/p-2. The first-order valence-electron chi connectivity index (χ1n) is 9.46. The average molecular weight is 628 g/mol. The average Bonchev–Trinajstić information content (AvgIpc) is 2.53. The first-order chi connectivity index (χ1) is 12.1. The predicted molar refractivity (Wildman–Crippen MR) is 110 cm³/mol. The molecule has 0 aliphatic heterocycles. The number of fused-ring (bicyclic) bond motifs is 1. The first kappa shape index (κ1) is 27.7. The lowest BCUT2D eigenvalue weighted by molar-refractivity contribution is -0.890. The van der Waals surface area contributed by atoms with Crippen molar-refractivity contribution in [3.8, 4) is 0 Å². The number of aromatic nitrogens is 1. The molecule has 1 aromatic carbocycles. The molecule has 4 nitrogen and oxygen atoms in total. The van der Waals surface area contributed by atoms with Gasteiger partial charge >= 0.3 is 5.97 Å². The van der Waals surface area contributed by atoms with Crippen LogP contribution in [0.1, 0.15) is 16.8 Å². The lowest BCUT2D eigenvalue weighted by Crippen LogP contribution is -3.00. The van der Waals surface area contributed by atoms with Gasteiger partial charge in [0, 0.05) is 20.2 Å². The largest absolute Gasteiger partial charge is 1.00 e. The van der Waals surface area contributed by atoms with Crippen LogP contribution in [0.4, 0.5) is 0 Å². The maximum absolute atomic E-state index is 12.6. The minimum absolute atomic E-state index is 0. The molecule has 0 aliphatic carbocycles. The molecule has 0 N–H and O–H groups in total. The van der Waals surface area contributed by atoms with Gasteiger partial charge in [-0.25, -0.2) is 9.36 Å². The van der Waals surface area contributed by atoms with Crippen LogP contribution in [0.15, 0.2) is 36.5 Å². The Balaban J connectivity index is 0.00000364. The van der Waals surface area contributed by atoms with Gasteiger partial charge < -0.3 is 57.2 Å². The van der Waals surface area contributed by atoms with Gasteiger partial charge in [0.1, 0.15) is 20.2 Å². The summed E-state index contributed by atoms with van der Waals surface area (Å²) in [5, 5.41) is 0.936. The molecule has 0 fully saturated rings. The van der Waals surface area contributed by atoms with E-state index in [4.69, 9.17) is 4.74 Å². The van der Waals surface area contributed by atoms with Crippen molar-refractivity contribution in [2.24, 2.45) is 7.05 Å². The third-order valence-corrected chi connectivity index (χ3v) is 6.73. The van der Waals surface area contributed by atoms with Crippen LogP contribution in [0.5, 0.6) is 0 Å². The van der Waals surface area contributed by atoms with E-state index >= 15 is 0 Å². The van der Waals surface area contributed by atoms with Crippen molar-refractivity contribution in [2.45, 2.75) is 32.1 Å². The van der Waals surface area contributed by atoms with E-state index in [1.54, 1.807) is 0 Å². The molecule has 7 heteroatoms. The Labute approximate surface area is 205 Å². The van der Waals surface area contributed by atoms with E-state index in [1.807, 2.05) is 48.1 Å². The third kappa shape index (κ3) is 8.62. The Morgan fingerprint density at radius 2 is 1.71 bits per heavy atom. The molecule has 158 valence electrons. The Kier molecular flexibility index (Phi) is 11.7. The molecule has 0 aliphatic rings. The molecule has 0 amide bonds. The number of nitrogens with zero attached hydrogens (tertiary/aromatic N) is 2. The Hall–Kier alpha value is -0.263. The minimum Gasteiger partial charge on any atom is -1.00 e. The molecule has 0 unspecified atom stereocenters. The zero-order chi connectivity index (χ0) is 19.4. The molecule has 1 aromatic heterocycles. The fourth-order valence-corrected chi connectivity index (χ4v) is 4.37. The van der Waals surface area contributed by atoms with Crippen LogP contribution in [-0.4, -0.2) is 52.3 Å². The lowest BCUT2D eigenvalue weighted by Gasteiger charge is -2.30. The second kappa shape index (κ2) is 11.8. The summed E-state index contributed by atoms with van der Waals surface area (Å²) < 4.78 is 8.51. The van der Waals surface area contributed by atoms with Crippen molar-refractivity contribution in [3.63, 3.8) is 0 Å². The van der Waals surface area contributed by atoms with E-state index in [1.165, 1.54) is 12.5 Å². The van der Waals surface area contributed by atoms with Crippen LogP contribution >= 0.6 is 0 Å². The van der Waals surface area contributed by atoms with Gasteiger partial charge in [0.2, 0.25) is 5.52 Å². The highest BCUT2D eigenvalue weighted by molar-refractivity contribution is 6.76. The van der Waals surface area contributed by atoms with Gasteiger partial charge in [-0.15, -0.1) is 0 Å². The maximum atomic E-state index is 12.6. The summed E-state index contributed by atoms with van der Waals surface area (Å²) in [7, 11) is 5.44. The van der Waals surface area contributed by atoms with Crippen molar-refractivity contribution < 1.29 is 66.5 Å². The van der Waals surface area contributed by atoms with Crippen LogP contribution in [0.2, 0.25) is 25.7 Å². The number of carbonyl (C=O) groups excluding carboxylic acids is 1. The smallest absolute Gasteiger partial charge is 0.339 e. The number of ether oxygens (including phenoxy) is 1. The Morgan fingerprint density at radius 3 is 2.36 bits per heavy atom. The van der Waals surface area contributed by atoms with Gasteiger partial charge in [-0.1, -0.05) is 37.8 Å². The molecular formula is C21H34I2N2O2Si. The highest BCUT2D eigenvalue weighted by Crippen LogP contribution is 2.16. The SMILES string of the molecule is C[n+]1ccc(C(=O)OCC[N+](C)(C)CCC[Si](C)(C)C)c2ccccc21.[I-].[I-]. The van der Waals surface area contributed by atoms with E-state index in [9.17, 15) is 4.79 Å².